The molecule has 0 N–H and O–H groups in total. The van der Waals surface area contributed by atoms with Crippen LogP contribution in [0.5, 0.6) is 17.2 Å². The van der Waals surface area contributed by atoms with E-state index in [0.717, 1.165) is 12.2 Å². The summed E-state index contributed by atoms with van der Waals surface area (Å²) in [6.45, 7) is 2.55. The molecule has 2 rings (SSSR count). The van der Waals surface area contributed by atoms with Gasteiger partial charge >= 0.3 is 0 Å². The third-order valence-corrected chi connectivity index (χ3v) is 3.13. The van der Waals surface area contributed by atoms with Crippen molar-refractivity contribution in [3.8, 4) is 17.2 Å². The maximum atomic E-state index is 11.6. The van der Waals surface area contributed by atoms with Crippen LogP contribution in [0.4, 0.5) is 0 Å². The van der Waals surface area contributed by atoms with Gasteiger partial charge in [-0.1, -0.05) is 18.2 Å². The van der Waals surface area contributed by atoms with Crippen molar-refractivity contribution in [3.63, 3.8) is 0 Å². The first kappa shape index (κ1) is 15.9. The van der Waals surface area contributed by atoms with Gasteiger partial charge in [-0.05, 0) is 31.2 Å². The Kier molecular flexibility index (Phi) is 5.83. The van der Waals surface area contributed by atoms with Gasteiger partial charge in [-0.3, -0.25) is 4.79 Å². The lowest BCUT2D eigenvalue weighted by Crippen LogP contribution is -2.07. The van der Waals surface area contributed by atoms with Crippen LogP contribution in [0.15, 0.2) is 48.5 Å². The third-order valence-electron chi connectivity index (χ3n) is 3.13. The predicted molar refractivity (Wildman–Crippen MR) is 85.0 cm³/mol. The largest absolute Gasteiger partial charge is 0.497 e. The second-order valence-electron chi connectivity index (χ2n) is 4.78. The van der Waals surface area contributed by atoms with Crippen molar-refractivity contribution in [3.05, 3.63) is 54.1 Å². The van der Waals surface area contributed by atoms with Gasteiger partial charge in [0.2, 0.25) is 0 Å². The third kappa shape index (κ3) is 4.52. The van der Waals surface area contributed by atoms with Gasteiger partial charge in [-0.2, -0.15) is 0 Å². The van der Waals surface area contributed by atoms with Crippen molar-refractivity contribution in [2.24, 2.45) is 0 Å². The lowest BCUT2D eigenvalue weighted by atomic mass is 10.1. The molecule has 0 amide bonds. The van der Waals surface area contributed by atoms with Crippen LogP contribution in [0.25, 0.3) is 0 Å². The summed E-state index contributed by atoms with van der Waals surface area (Å²) in [5.41, 5.74) is 0.560. The first-order valence-corrected chi connectivity index (χ1v) is 7.20. The topological polar surface area (TPSA) is 44.8 Å². The highest BCUT2D eigenvalue weighted by Gasteiger charge is 2.10. The first-order chi connectivity index (χ1) is 10.7. The Morgan fingerprint density at radius 3 is 2.36 bits per heavy atom. The predicted octanol–water partition coefficient (Wildman–Crippen LogP) is 3.75. The Labute approximate surface area is 130 Å². The minimum atomic E-state index is -0.0295. The highest BCUT2D eigenvalue weighted by Crippen LogP contribution is 2.25. The molecule has 0 bridgehead atoms. The Morgan fingerprint density at radius 1 is 0.955 bits per heavy atom. The molecule has 2 aromatic rings. The Bertz CT molecular complexity index is 608. The number of Topliss-reactive ketones (excluding diaryl/α,β-unsaturated/α-hetero) is 1. The van der Waals surface area contributed by atoms with E-state index < -0.39 is 0 Å². The lowest BCUT2D eigenvalue weighted by molar-refractivity contribution is 0.101. The summed E-state index contributed by atoms with van der Waals surface area (Å²) in [4.78, 5) is 11.6. The highest BCUT2D eigenvalue weighted by atomic mass is 16.5. The highest BCUT2D eigenvalue weighted by molar-refractivity contribution is 5.97. The van der Waals surface area contributed by atoms with Crippen LogP contribution in [0.2, 0.25) is 0 Å². The number of carbonyl (C=O) groups is 1. The Balaban J connectivity index is 1.84. The maximum Gasteiger partial charge on any atom is 0.163 e. The molecule has 0 unspecified atom stereocenters. The van der Waals surface area contributed by atoms with Gasteiger partial charge in [0, 0.05) is 12.5 Å². The fourth-order valence-electron chi connectivity index (χ4n) is 1.99. The summed E-state index contributed by atoms with van der Waals surface area (Å²) in [5.74, 6) is 2.03. The van der Waals surface area contributed by atoms with E-state index in [0.29, 0.717) is 30.3 Å². The molecule has 4 nitrogen and oxygen atoms in total. The van der Waals surface area contributed by atoms with Gasteiger partial charge in [-0.25, -0.2) is 0 Å². The summed E-state index contributed by atoms with van der Waals surface area (Å²) in [6.07, 6.45) is 0.726. The normalized spacial score (nSPS) is 10.1. The number of rotatable bonds is 8. The zero-order valence-corrected chi connectivity index (χ0v) is 12.9. The molecule has 116 valence electrons. The van der Waals surface area contributed by atoms with E-state index in [1.807, 2.05) is 30.3 Å². The number of ketones is 1. The standard InChI is InChI=1S/C18H20O4/c1-14(19)17-10-9-16(20-2)13-18(17)22-12-6-11-21-15-7-4-3-5-8-15/h3-5,7-10,13H,6,11-12H2,1-2H3. The first-order valence-electron chi connectivity index (χ1n) is 7.20. The summed E-state index contributed by atoms with van der Waals surface area (Å²) in [5, 5.41) is 0. The van der Waals surface area contributed by atoms with Gasteiger partial charge in [0.05, 0.1) is 25.9 Å². The van der Waals surface area contributed by atoms with Crippen LogP contribution in [-0.4, -0.2) is 26.1 Å². The minimum Gasteiger partial charge on any atom is -0.497 e. The van der Waals surface area contributed by atoms with Crippen molar-refractivity contribution in [1.29, 1.82) is 0 Å². The molecular formula is C18H20O4. The van der Waals surface area contributed by atoms with Crippen LogP contribution >= 0.6 is 0 Å². The van der Waals surface area contributed by atoms with Crippen LogP contribution < -0.4 is 14.2 Å². The number of methoxy groups -OCH3 is 1. The smallest absolute Gasteiger partial charge is 0.163 e. The number of hydrogen-bond donors (Lipinski definition) is 0. The van der Waals surface area contributed by atoms with E-state index in [1.54, 1.807) is 25.3 Å². The number of ether oxygens (including phenoxy) is 3. The molecule has 0 spiro atoms. The molecule has 0 radical (unpaired) electrons. The lowest BCUT2D eigenvalue weighted by Gasteiger charge is -2.12. The van der Waals surface area contributed by atoms with E-state index in [-0.39, 0.29) is 5.78 Å². The van der Waals surface area contributed by atoms with Crippen molar-refractivity contribution in [1.82, 2.24) is 0 Å². The molecule has 0 atom stereocenters. The fraction of sp³-hybridized carbons (Fsp3) is 0.278. The van der Waals surface area contributed by atoms with E-state index in [4.69, 9.17) is 14.2 Å². The van der Waals surface area contributed by atoms with E-state index in [2.05, 4.69) is 0 Å². The molecule has 0 saturated heterocycles. The average Bonchev–Trinajstić information content (AvgIpc) is 2.55. The quantitative estimate of drug-likeness (QED) is 0.550. The second-order valence-corrected chi connectivity index (χ2v) is 4.78. The summed E-state index contributed by atoms with van der Waals surface area (Å²) >= 11 is 0. The van der Waals surface area contributed by atoms with Gasteiger partial charge in [0.15, 0.2) is 5.78 Å². The van der Waals surface area contributed by atoms with Crippen LogP contribution in [0, 0.1) is 0 Å². The average molecular weight is 300 g/mol. The zero-order valence-electron chi connectivity index (χ0n) is 12.9. The molecule has 22 heavy (non-hydrogen) atoms. The monoisotopic (exact) mass is 300 g/mol. The zero-order chi connectivity index (χ0) is 15.8. The molecule has 2 aromatic carbocycles. The van der Waals surface area contributed by atoms with Crippen molar-refractivity contribution < 1.29 is 19.0 Å². The Morgan fingerprint density at radius 2 is 1.68 bits per heavy atom. The minimum absolute atomic E-state index is 0.0295. The van der Waals surface area contributed by atoms with Crippen molar-refractivity contribution in [2.45, 2.75) is 13.3 Å². The number of hydrogen-bond acceptors (Lipinski definition) is 4. The molecule has 0 saturated carbocycles. The number of para-hydroxylation sites is 1. The van der Waals surface area contributed by atoms with Gasteiger partial charge in [-0.15, -0.1) is 0 Å². The van der Waals surface area contributed by atoms with Gasteiger partial charge in [0.25, 0.3) is 0 Å². The molecule has 0 heterocycles. The van der Waals surface area contributed by atoms with E-state index in [9.17, 15) is 4.79 Å². The molecule has 0 aliphatic heterocycles. The number of benzene rings is 2. The number of carbonyl (C=O) groups excluding carboxylic acids is 1. The molecular weight excluding hydrogens is 280 g/mol. The van der Waals surface area contributed by atoms with Gasteiger partial charge < -0.3 is 14.2 Å². The van der Waals surface area contributed by atoms with Crippen LogP contribution in [0.1, 0.15) is 23.7 Å². The van der Waals surface area contributed by atoms with E-state index >= 15 is 0 Å². The van der Waals surface area contributed by atoms with Crippen LogP contribution in [-0.2, 0) is 0 Å². The fourth-order valence-corrected chi connectivity index (χ4v) is 1.99. The van der Waals surface area contributed by atoms with Gasteiger partial charge in [0.1, 0.15) is 17.2 Å². The van der Waals surface area contributed by atoms with Crippen LogP contribution in [0.3, 0.4) is 0 Å². The van der Waals surface area contributed by atoms with Crippen molar-refractivity contribution in [2.75, 3.05) is 20.3 Å². The molecule has 0 aromatic heterocycles. The Hall–Kier alpha value is -2.49. The molecule has 4 heteroatoms. The summed E-state index contributed by atoms with van der Waals surface area (Å²) in [7, 11) is 1.58. The molecule has 0 aliphatic rings. The second kappa shape index (κ2) is 8.08. The van der Waals surface area contributed by atoms with E-state index in [1.165, 1.54) is 6.92 Å². The molecule has 0 fully saturated rings. The summed E-state index contributed by atoms with van der Waals surface area (Å²) < 4.78 is 16.5. The van der Waals surface area contributed by atoms with Crippen molar-refractivity contribution >= 4 is 5.78 Å². The maximum absolute atomic E-state index is 11.6. The SMILES string of the molecule is COc1ccc(C(C)=O)c(OCCCOc2ccccc2)c1. The summed E-state index contributed by atoms with van der Waals surface area (Å²) in [6, 6.07) is 14.8. The molecule has 0 aliphatic carbocycles.